The molecule has 4 saturated heterocycles. The van der Waals surface area contributed by atoms with Gasteiger partial charge in [-0.25, -0.2) is 39.9 Å². The number of halogens is 6. The molecule has 33 nitrogen and oxygen atoms in total. The Morgan fingerprint density at radius 3 is 1.22 bits per heavy atom. The summed E-state index contributed by atoms with van der Waals surface area (Å²) in [6.07, 6.45) is 19.4. The van der Waals surface area contributed by atoms with Gasteiger partial charge in [0.05, 0.1) is 76.1 Å². The minimum absolute atomic E-state index is 0.00894. The molecule has 13 N–H and O–H groups in total. The van der Waals surface area contributed by atoms with Crippen LogP contribution in [0.15, 0.2) is 141 Å². The van der Waals surface area contributed by atoms with Gasteiger partial charge in [0, 0.05) is 105 Å². The van der Waals surface area contributed by atoms with Gasteiger partial charge >= 0.3 is 0 Å². The molecule has 3 aromatic carbocycles. The number of nitrogens with zero attached hydrogens (tertiary/aromatic N) is 16. The zero-order chi connectivity index (χ0) is 82.0. The third-order valence-corrected chi connectivity index (χ3v) is 20.7. The SMILES string of the molecule is C#C[C@@]1(O)[C@H](O)[C@@H](CO)O[C@H]1c1cnn2c(N)ncnc12.C#C[C@]1(OCc2ccccc2)C(c2cnn3c(N)ncnc23)O[C@H](CC)[C@H]1C.CC[C@H]1OC(c2cnn3c(N)ncnc23)[C@@](OCc2ccccc2)(C(O)CO)[C@@H]1C.CC[C@H]1OC(c2cnn3c(N)ncnc23)[C@](C=O)(OCc2ccccc2)[C@@H]1C.ClCl.ClCl.ClCl. The van der Waals surface area contributed by atoms with Gasteiger partial charge in [-0.2, -0.15) is 38.5 Å². The highest BCUT2D eigenvalue weighted by Crippen LogP contribution is 2.54. The monoisotopic (exact) mass is 1670 g/mol. The molecule has 0 spiro atoms. The summed E-state index contributed by atoms with van der Waals surface area (Å²) >= 11 is 0. The number of ether oxygens (including phenoxy) is 7. The molecule has 0 radical (unpaired) electrons. The lowest BCUT2D eigenvalue weighted by Crippen LogP contribution is -2.53. The molecule has 8 aromatic heterocycles. The Balaban J connectivity index is 0.000000170. The smallest absolute Gasteiger partial charge is 0.224 e. The van der Waals surface area contributed by atoms with Gasteiger partial charge in [0.25, 0.3) is 0 Å². The second-order valence-corrected chi connectivity index (χ2v) is 26.5. The molecular formula is C74H86Cl6N20O13. The maximum Gasteiger partial charge on any atom is 0.224 e. The number of fused-ring (bicyclic) bond motifs is 4. The van der Waals surface area contributed by atoms with Gasteiger partial charge in [-0.1, -0.05) is 144 Å². The van der Waals surface area contributed by atoms with E-state index in [2.05, 4.69) is 151 Å². The topological polar surface area (TPSA) is 459 Å². The normalized spacial score (nSPS) is 27.0. The Bertz CT molecular complexity index is 4960. The van der Waals surface area contributed by atoms with Crippen LogP contribution in [0.25, 0.3) is 22.6 Å². The van der Waals surface area contributed by atoms with Crippen molar-refractivity contribution in [2.24, 2.45) is 17.8 Å². The van der Waals surface area contributed by atoms with Crippen molar-refractivity contribution in [3.05, 3.63) is 180 Å². The summed E-state index contributed by atoms with van der Waals surface area (Å²) in [5.41, 5.74) is 25.4. The molecule has 113 heavy (non-hydrogen) atoms. The number of nitrogen functional groups attached to an aromatic ring is 4. The van der Waals surface area contributed by atoms with E-state index in [0.717, 1.165) is 47.8 Å². The summed E-state index contributed by atoms with van der Waals surface area (Å²) in [6.45, 7) is 12.2. The maximum atomic E-state index is 12.4. The average Bonchev–Trinajstić information content (AvgIpc) is 1.60. The second kappa shape index (κ2) is 39.9. The van der Waals surface area contributed by atoms with Crippen molar-refractivity contribution in [2.75, 3.05) is 36.1 Å². The van der Waals surface area contributed by atoms with Crippen LogP contribution in [0.2, 0.25) is 0 Å². The first-order valence-corrected chi connectivity index (χ1v) is 38.8. The highest BCUT2D eigenvalue weighted by atomic mass is 36.5. The van der Waals surface area contributed by atoms with Gasteiger partial charge in [-0.05, 0) is 36.0 Å². The fraction of sp³-hybridized carbons (Fsp3) is 0.419. The summed E-state index contributed by atoms with van der Waals surface area (Å²) in [4.78, 5) is 45.1. The largest absolute Gasteiger partial charge is 0.394 e. The van der Waals surface area contributed by atoms with Crippen LogP contribution in [0.5, 0.6) is 0 Å². The molecule has 15 rings (SSSR count). The fourth-order valence-electron chi connectivity index (χ4n) is 14.7. The summed E-state index contributed by atoms with van der Waals surface area (Å²) < 4.78 is 49.3. The molecule has 4 aliphatic rings. The van der Waals surface area contributed by atoms with Crippen LogP contribution in [0.3, 0.4) is 0 Å². The lowest BCUT2D eigenvalue weighted by molar-refractivity contribution is -0.187. The molecule has 0 aliphatic carbocycles. The van der Waals surface area contributed by atoms with Crippen molar-refractivity contribution in [1.29, 1.82) is 0 Å². The number of hydrogen-bond acceptors (Lipinski definition) is 29. The molecule has 0 saturated carbocycles. The average molecular weight is 1680 g/mol. The molecule has 12 heterocycles. The molecule has 39 heteroatoms. The lowest BCUT2D eigenvalue weighted by atomic mass is 9.76. The van der Waals surface area contributed by atoms with Crippen molar-refractivity contribution >= 4 is 118 Å². The van der Waals surface area contributed by atoms with Gasteiger partial charge in [0.15, 0.2) is 45.7 Å². The van der Waals surface area contributed by atoms with E-state index in [0.29, 0.717) is 52.5 Å². The number of rotatable bonds is 20. The molecule has 4 unspecified atom stereocenters. The minimum atomic E-state index is -2.00. The van der Waals surface area contributed by atoms with Gasteiger partial charge in [0.2, 0.25) is 23.8 Å². The van der Waals surface area contributed by atoms with Crippen LogP contribution in [0.1, 0.15) is 124 Å². The molecule has 4 aliphatic heterocycles. The van der Waals surface area contributed by atoms with E-state index in [9.17, 15) is 30.3 Å². The van der Waals surface area contributed by atoms with Crippen LogP contribution in [0.4, 0.5) is 23.8 Å². The number of aliphatic hydroxyl groups excluding tert-OH is 4. The lowest BCUT2D eigenvalue weighted by Gasteiger charge is -2.40. The fourth-order valence-corrected chi connectivity index (χ4v) is 14.7. The summed E-state index contributed by atoms with van der Waals surface area (Å²) in [5, 5.41) is 67.6. The van der Waals surface area contributed by atoms with E-state index in [1.165, 1.54) is 49.6 Å². The predicted octanol–water partition coefficient (Wildman–Crippen LogP) is 8.63. The van der Waals surface area contributed by atoms with Crippen molar-refractivity contribution in [3.63, 3.8) is 0 Å². The maximum absolute atomic E-state index is 12.4. The van der Waals surface area contributed by atoms with Crippen molar-refractivity contribution in [2.45, 2.75) is 164 Å². The third-order valence-electron chi connectivity index (χ3n) is 20.7. The number of carbonyl (C=O) groups is 1. The van der Waals surface area contributed by atoms with Crippen LogP contribution in [-0.4, -0.2) is 182 Å². The Morgan fingerprint density at radius 1 is 0.496 bits per heavy atom. The van der Waals surface area contributed by atoms with Crippen LogP contribution >= 0.6 is 65.1 Å². The molecule has 602 valence electrons. The Labute approximate surface area is 678 Å². The number of anilines is 4. The van der Waals surface area contributed by atoms with Crippen molar-refractivity contribution in [1.82, 2.24) is 78.3 Å². The van der Waals surface area contributed by atoms with Gasteiger partial charge in [-0.3, -0.25) is 4.79 Å². The van der Waals surface area contributed by atoms with Crippen LogP contribution < -0.4 is 22.9 Å². The molecule has 11 aromatic rings. The molecule has 0 bridgehead atoms. The first kappa shape index (κ1) is 88.1. The number of hydrogen-bond donors (Lipinski definition) is 9. The number of carbonyl (C=O) groups excluding carboxylic acids is 1. The van der Waals surface area contributed by atoms with E-state index >= 15 is 0 Å². The van der Waals surface area contributed by atoms with Crippen LogP contribution in [0, 0.1) is 42.4 Å². The number of aldehydes is 1. The zero-order valence-corrected chi connectivity index (χ0v) is 66.4. The van der Waals surface area contributed by atoms with E-state index in [1.54, 1.807) is 18.6 Å². The molecule has 0 amide bonds. The third kappa shape index (κ3) is 17.4. The van der Waals surface area contributed by atoms with E-state index in [4.69, 9.17) is 68.9 Å². The van der Waals surface area contributed by atoms with Crippen LogP contribution in [-0.2, 0) is 57.8 Å². The van der Waals surface area contributed by atoms with E-state index in [1.807, 2.05) is 119 Å². The second-order valence-electron chi connectivity index (χ2n) is 26.5. The quantitative estimate of drug-likeness (QED) is 0.0254. The summed E-state index contributed by atoms with van der Waals surface area (Å²) in [6, 6.07) is 29.4. The summed E-state index contributed by atoms with van der Waals surface area (Å²) in [7, 11) is 24.7. The Hall–Kier alpha value is -8.89. The molecule has 4 fully saturated rings. The number of aliphatic hydroxyl groups is 5. The summed E-state index contributed by atoms with van der Waals surface area (Å²) in [5.74, 6) is 5.47. The van der Waals surface area contributed by atoms with Gasteiger partial charge < -0.3 is 81.6 Å². The first-order valence-electron chi connectivity index (χ1n) is 35.3. The van der Waals surface area contributed by atoms with Gasteiger partial charge in [0.1, 0.15) is 73.6 Å². The number of benzene rings is 3. The van der Waals surface area contributed by atoms with Gasteiger partial charge in [-0.15, -0.1) is 12.8 Å². The number of terminal acetylenes is 2. The zero-order valence-electron chi connectivity index (χ0n) is 61.9. The van der Waals surface area contributed by atoms with Crippen molar-refractivity contribution < 1.29 is 63.5 Å². The minimum Gasteiger partial charge on any atom is -0.394 e. The van der Waals surface area contributed by atoms with Crippen molar-refractivity contribution in [3.8, 4) is 24.7 Å². The van der Waals surface area contributed by atoms with E-state index in [-0.39, 0.29) is 66.5 Å². The predicted molar refractivity (Wildman–Crippen MR) is 421 cm³/mol. The Morgan fingerprint density at radius 2 is 0.841 bits per heavy atom. The first-order chi connectivity index (χ1) is 54.8. The highest BCUT2D eigenvalue weighted by Gasteiger charge is 2.62. The molecular weight excluding hydrogens is 1590 g/mol. The standard InChI is InChI=1S/C21H27N5O4.C21H23N5O2.C20H23N5O3.C12H13N5O4.3Cl2/c1-3-16-13(2)21(17(28)10-27,29-11-14-7-5-4-6-8-14)18(30-16)15-9-25-26-19(15)23-12-24-20(26)22;1-4-17-14(3)21(5-2,27-12-15-9-7-6-8-10-15)18(28-17)16-11-25-26-19(16)23-13-24-20(26)22;1-3-16-13(2)20(11-26,27-10-14-7-5-4-6-8-14)17(28-16)15-9-24-25-18(15)22-12-23-19(25)21;1-2-12(20)8(19)7(4-18)21-9(12)6-3-16-17-10(6)14-5-15-11(17)13;3*1-2/h4-9,12-13,16-18,27-28H,3,10-11H2,1-2H3,(H2,22,23,24);2,6-11,13-14,17-18H,4,12H2,1,3H3,(H2,22,23,24);4-9,11-13,16-17H,3,10H2,1-2H3,(H2,21,22,23);1,3,5,7-9,18-20H,4H2,(H2,13,14,15);;;/t13-,16-,17?,18?,21+;14-,17-,18?,21-;13-,16-,17?,20-;7-,8-,9+,12-;;;/m1111.../s1. The number of nitrogens with two attached hydrogens (primary N) is 4. The highest BCUT2D eigenvalue weighted by molar-refractivity contribution is 6.86. The number of aromatic nitrogens is 16. The molecule has 17 atom stereocenters. The van der Waals surface area contributed by atoms with E-state index < -0.39 is 78.3 Å². The Kier molecular flexibility index (Phi) is 31.1.